The first-order chi connectivity index (χ1) is 8.02. The summed E-state index contributed by atoms with van der Waals surface area (Å²) in [6.07, 6.45) is 7.18. The molecule has 0 saturated carbocycles. The van der Waals surface area contributed by atoms with Crippen molar-refractivity contribution in [3.63, 3.8) is 0 Å². The summed E-state index contributed by atoms with van der Waals surface area (Å²) in [5, 5.41) is 0. The molecule has 0 amide bonds. The average Bonchev–Trinajstić information content (AvgIpc) is 2.30. The second-order valence-electron chi connectivity index (χ2n) is 5.34. The Morgan fingerprint density at radius 2 is 1.82 bits per heavy atom. The maximum Gasteiger partial charge on any atom is 0.100 e. The van der Waals surface area contributed by atoms with Gasteiger partial charge in [-0.05, 0) is 27.2 Å². The van der Waals surface area contributed by atoms with Gasteiger partial charge in [-0.1, -0.05) is 32.6 Å². The van der Waals surface area contributed by atoms with E-state index in [1.54, 1.807) is 7.11 Å². The minimum Gasteiger partial charge on any atom is -0.385 e. The summed E-state index contributed by atoms with van der Waals surface area (Å²) < 4.78 is 5.04. The van der Waals surface area contributed by atoms with Gasteiger partial charge in [0.15, 0.2) is 0 Å². The van der Waals surface area contributed by atoms with Crippen molar-refractivity contribution in [3.8, 4) is 0 Å². The van der Waals surface area contributed by atoms with Gasteiger partial charge in [0, 0.05) is 20.1 Å². The normalized spacial score (nSPS) is 13.9. The Labute approximate surface area is 107 Å². The second-order valence-corrected chi connectivity index (χ2v) is 5.34. The van der Waals surface area contributed by atoms with Gasteiger partial charge in [0.05, 0.1) is 6.10 Å². The van der Waals surface area contributed by atoms with Crippen LogP contribution in [0.2, 0.25) is 0 Å². The van der Waals surface area contributed by atoms with Crippen LogP contribution in [-0.4, -0.2) is 25.4 Å². The van der Waals surface area contributed by atoms with Crippen molar-refractivity contribution < 1.29 is 14.5 Å². The van der Waals surface area contributed by atoms with Crippen LogP contribution in [0.3, 0.4) is 0 Å². The summed E-state index contributed by atoms with van der Waals surface area (Å²) in [5.74, 6) is 0. The van der Waals surface area contributed by atoms with E-state index in [1.165, 1.54) is 25.7 Å². The van der Waals surface area contributed by atoms with Gasteiger partial charge in [0.25, 0.3) is 0 Å². The molecule has 0 heterocycles. The van der Waals surface area contributed by atoms with E-state index in [0.29, 0.717) is 6.61 Å². The van der Waals surface area contributed by atoms with Crippen LogP contribution in [0.15, 0.2) is 0 Å². The molecule has 0 aliphatic carbocycles. The first kappa shape index (κ1) is 16.9. The Balaban J connectivity index is 3.56. The summed E-state index contributed by atoms with van der Waals surface area (Å²) in [7, 11) is 1.70. The number of rotatable bonds is 11. The molecule has 0 aromatic rings. The minimum atomic E-state index is -0.270. The average molecular weight is 246 g/mol. The molecule has 0 aromatic carbocycles. The quantitative estimate of drug-likeness (QED) is 0.312. The Morgan fingerprint density at radius 3 is 2.41 bits per heavy atom. The number of hydrogen-bond acceptors (Lipinski definition) is 3. The highest BCUT2D eigenvalue weighted by molar-refractivity contribution is 4.65. The van der Waals surface area contributed by atoms with Crippen molar-refractivity contribution in [2.45, 2.75) is 77.9 Å². The highest BCUT2D eigenvalue weighted by atomic mass is 17.2. The molecule has 0 bridgehead atoms. The summed E-state index contributed by atoms with van der Waals surface area (Å²) in [4.78, 5) is 10.9. The van der Waals surface area contributed by atoms with E-state index >= 15 is 0 Å². The molecule has 17 heavy (non-hydrogen) atoms. The number of methoxy groups -OCH3 is 1. The fourth-order valence-corrected chi connectivity index (χ4v) is 1.51. The molecule has 104 valence electrons. The number of hydrogen-bond donors (Lipinski definition) is 0. The van der Waals surface area contributed by atoms with Gasteiger partial charge in [-0.2, -0.15) is 0 Å². The van der Waals surface area contributed by atoms with Crippen LogP contribution in [-0.2, 0) is 14.5 Å². The highest BCUT2D eigenvalue weighted by Crippen LogP contribution is 2.17. The Hall–Kier alpha value is -0.120. The van der Waals surface area contributed by atoms with Crippen molar-refractivity contribution in [2.75, 3.05) is 13.7 Å². The molecule has 0 radical (unpaired) electrons. The largest absolute Gasteiger partial charge is 0.385 e. The smallest absolute Gasteiger partial charge is 0.100 e. The molecule has 0 fully saturated rings. The third kappa shape index (κ3) is 10.7. The van der Waals surface area contributed by atoms with Gasteiger partial charge < -0.3 is 4.74 Å². The summed E-state index contributed by atoms with van der Waals surface area (Å²) in [5.41, 5.74) is -0.270. The maximum absolute atomic E-state index is 5.47. The van der Waals surface area contributed by atoms with Crippen molar-refractivity contribution in [1.82, 2.24) is 0 Å². The maximum atomic E-state index is 5.47. The SMILES string of the molecule is CCCCCCC(C)OOC(C)(C)CCOC. The Bertz CT molecular complexity index is 169. The molecule has 0 saturated heterocycles. The third-order valence-corrected chi connectivity index (χ3v) is 2.81. The van der Waals surface area contributed by atoms with E-state index in [0.717, 1.165) is 12.8 Å². The van der Waals surface area contributed by atoms with E-state index in [2.05, 4.69) is 13.8 Å². The van der Waals surface area contributed by atoms with Crippen LogP contribution >= 0.6 is 0 Å². The van der Waals surface area contributed by atoms with Crippen molar-refractivity contribution in [3.05, 3.63) is 0 Å². The van der Waals surface area contributed by atoms with Crippen LogP contribution in [0.5, 0.6) is 0 Å². The first-order valence-electron chi connectivity index (χ1n) is 6.85. The van der Waals surface area contributed by atoms with Crippen molar-refractivity contribution in [2.24, 2.45) is 0 Å². The zero-order valence-electron chi connectivity index (χ0n) is 12.3. The molecular formula is C14H30O3. The molecular weight excluding hydrogens is 216 g/mol. The predicted molar refractivity (Wildman–Crippen MR) is 71.0 cm³/mol. The fourth-order valence-electron chi connectivity index (χ4n) is 1.51. The zero-order valence-corrected chi connectivity index (χ0v) is 12.3. The van der Waals surface area contributed by atoms with Crippen LogP contribution in [0.4, 0.5) is 0 Å². The summed E-state index contributed by atoms with van der Waals surface area (Å²) in [6, 6.07) is 0. The molecule has 0 rings (SSSR count). The predicted octanol–water partition coefficient (Wildman–Crippen LogP) is 4.11. The minimum absolute atomic E-state index is 0.175. The second kappa shape index (κ2) is 9.86. The van der Waals surface area contributed by atoms with Crippen LogP contribution < -0.4 is 0 Å². The molecule has 0 aliphatic heterocycles. The topological polar surface area (TPSA) is 27.7 Å². The molecule has 1 atom stereocenters. The van der Waals surface area contributed by atoms with E-state index in [-0.39, 0.29) is 11.7 Å². The molecule has 1 unspecified atom stereocenters. The molecule has 0 spiro atoms. The van der Waals surface area contributed by atoms with Gasteiger partial charge in [0.1, 0.15) is 5.60 Å². The lowest BCUT2D eigenvalue weighted by Crippen LogP contribution is -2.28. The molecule has 0 aliphatic rings. The highest BCUT2D eigenvalue weighted by Gasteiger charge is 2.20. The molecule has 0 N–H and O–H groups in total. The van der Waals surface area contributed by atoms with Crippen molar-refractivity contribution >= 4 is 0 Å². The van der Waals surface area contributed by atoms with E-state index in [4.69, 9.17) is 14.5 Å². The van der Waals surface area contributed by atoms with E-state index in [1.807, 2.05) is 13.8 Å². The zero-order chi connectivity index (χ0) is 13.1. The fraction of sp³-hybridized carbons (Fsp3) is 1.00. The Kier molecular flexibility index (Phi) is 9.79. The van der Waals surface area contributed by atoms with Gasteiger partial charge in [-0.15, -0.1) is 0 Å². The molecule has 3 nitrogen and oxygen atoms in total. The van der Waals surface area contributed by atoms with Crippen molar-refractivity contribution in [1.29, 1.82) is 0 Å². The van der Waals surface area contributed by atoms with Gasteiger partial charge in [-0.25, -0.2) is 9.78 Å². The molecule has 0 aromatic heterocycles. The van der Waals surface area contributed by atoms with Crippen LogP contribution in [0.25, 0.3) is 0 Å². The number of unbranched alkanes of at least 4 members (excludes halogenated alkanes) is 3. The van der Waals surface area contributed by atoms with E-state index < -0.39 is 0 Å². The van der Waals surface area contributed by atoms with Crippen LogP contribution in [0, 0.1) is 0 Å². The first-order valence-corrected chi connectivity index (χ1v) is 6.85. The lowest BCUT2D eigenvalue weighted by atomic mass is 10.1. The van der Waals surface area contributed by atoms with Gasteiger partial charge in [0.2, 0.25) is 0 Å². The van der Waals surface area contributed by atoms with Gasteiger partial charge in [-0.3, -0.25) is 0 Å². The van der Waals surface area contributed by atoms with E-state index in [9.17, 15) is 0 Å². The summed E-state index contributed by atoms with van der Waals surface area (Å²) >= 11 is 0. The monoisotopic (exact) mass is 246 g/mol. The van der Waals surface area contributed by atoms with Crippen LogP contribution in [0.1, 0.15) is 66.2 Å². The molecule has 3 heteroatoms. The standard InChI is InChI=1S/C14H30O3/c1-6-7-8-9-10-13(2)16-17-14(3,4)11-12-15-5/h13H,6-12H2,1-5H3. The lowest BCUT2D eigenvalue weighted by molar-refractivity contribution is -0.377. The third-order valence-electron chi connectivity index (χ3n) is 2.81. The summed E-state index contributed by atoms with van der Waals surface area (Å²) in [6.45, 7) is 9.03. The number of ether oxygens (including phenoxy) is 1. The van der Waals surface area contributed by atoms with Gasteiger partial charge >= 0.3 is 0 Å². The Morgan fingerprint density at radius 1 is 1.12 bits per heavy atom. The lowest BCUT2D eigenvalue weighted by Gasteiger charge is -2.25.